The highest BCUT2D eigenvalue weighted by atomic mass is 16.5. The fraction of sp³-hybridized carbons (Fsp3) is 0.500. The summed E-state index contributed by atoms with van der Waals surface area (Å²) in [7, 11) is 3.06. The van der Waals surface area contributed by atoms with Crippen molar-refractivity contribution in [2.45, 2.75) is 19.8 Å². The largest absolute Gasteiger partial charge is 0.496 e. The van der Waals surface area contributed by atoms with E-state index in [0.29, 0.717) is 0 Å². The normalized spacial score (nSPS) is 10.2. The zero-order valence-corrected chi connectivity index (χ0v) is 11.3. The van der Waals surface area contributed by atoms with E-state index in [-0.39, 0.29) is 12.5 Å². The smallest absolute Gasteiger partial charge is 0.319 e. The zero-order valence-electron chi connectivity index (χ0n) is 11.3. The quantitative estimate of drug-likeness (QED) is 0.590. The minimum Gasteiger partial charge on any atom is -0.496 e. The van der Waals surface area contributed by atoms with Crippen LogP contribution in [-0.4, -0.2) is 33.3 Å². The van der Waals surface area contributed by atoms with Crippen molar-refractivity contribution in [3.63, 3.8) is 0 Å². The maximum atomic E-state index is 10.9. The Morgan fingerprint density at radius 3 is 2.72 bits per heavy atom. The van der Waals surface area contributed by atoms with Gasteiger partial charge in [0.25, 0.3) is 0 Å². The predicted octanol–water partition coefficient (Wildman–Crippen LogP) is 1.56. The molecule has 0 heterocycles. The predicted molar refractivity (Wildman–Crippen MR) is 71.0 cm³/mol. The van der Waals surface area contributed by atoms with Gasteiger partial charge in [-0.25, -0.2) is 0 Å². The van der Waals surface area contributed by atoms with Crippen molar-refractivity contribution in [2.75, 3.05) is 27.3 Å². The topological polar surface area (TPSA) is 47.6 Å². The fourth-order valence-corrected chi connectivity index (χ4v) is 1.73. The Balaban J connectivity index is 2.52. The molecule has 0 aliphatic rings. The molecule has 0 fully saturated rings. The third-order valence-corrected chi connectivity index (χ3v) is 2.82. The zero-order chi connectivity index (χ0) is 13.4. The second-order valence-electron chi connectivity index (χ2n) is 4.00. The molecule has 0 atom stereocenters. The molecule has 4 heteroatoms. The van der Waals surface area contributed by atoms with Crippen LogP contribution < -0.4 is 10.1 Å². The molecule has 0 amide bonds. The molecule has 0 aliphatic heterocycles. The molecule has 1 rings (SSSR count). The molecule has 0 saturated heterocycles. The van der Waals surface area contributed by atoms with Gasteiger partial charge in [-0.2, -0.15) is 0 Å². The molecular formula is C14H21NO3. The molecule has 100 valence electrons. The highest BCUT2D eigenvalue weighted by Gasteiger charge is 2.04. The Bertz CT molecular complexity index is 391. The van der Waals surface area contributed by atoms with Gasteiger partial charge in [-0.15, -0.1) is 0 Å². The molecule has 1 aromatic carbocycles. The Hall–Kier alpha value is -1.55. The van der Waals surface area contributed by atoms with Crippen LogP contribution in [0.1, 0.15) is 18.1 Å². The van der Waals surface area contributed by atoms with Crippen LogP contribution in [0.5, 0.6) is 5.75 Å². The van der Waals surface area contributed by atoms with E-state index in [0.717, 1.165) is 30.7 Å². The van der Waals surface area contributed by atoms with Gasteiger partial charge in [0.15, 0.2) is 0 Å². The van der Waals surface area contributed by atoms with Crippen molar-refractivity contribution in [3.8, 4) is 5.75 Å². The van der Waals surface area contributed by atoms with Gasteiger partial charge < -0.3 is 14.8 Å². The van der Waals surface area contributed by atoms with Gasteiger partial charge >= 0.3 is 5.97 Å². The lowest BCUT2D eigenvalue weighted by Crippen LogP contribution is -2.25. The highest BCUT2D eigenvalue weighted by molar-refractivity contribution is 5.71. The van der Waals surface area contributed by atoms with Crippen LogP contribution >= 0.6 is 0 Å². The first-order chi connectivity index (χ1) is 8.71. The maximum Gasteiger partial charge on any atom is 0.319 e. The molecule has 0 spiro atoms. The number of aryl methyl sites for hydroxylation is 1. The van der Waals surface area contributed by atoms with Gasteiger partial charge in [-0.1, -0.05) is 19.1 Å². The average Bonchev–Trinajstić information content (AvgIpc) is 2.42. The van der Waals surface area contributed by atoms with Gasteiger partial charge in [0.05, 0.1) is 20.8 Å². The third-order valence-electron chi connectivity index (χ3n) is 2.82. The van der Waals surface area contributed by atoms with Gasteiger partial charge in [-0.05, 0) is 36.6 Å². The van der Waals surface area contributed by atoms with Crippen molar-refractivity contribution in [2.24, 2.45) is 0 Å². The number of methoxy groups -OCH3 is 2. The Labute approximate surface area is 108 Å². The molecule has 1 N–H and O–H groups in total. The lowest BCUT2D eigenvalue weighted by Gasteiger charge is -2.10. The number of rotatable bonds is 7. The molecule has 18 heavy (non-hydrogen) atoms. The summed E-state index contributed by atoms with van der Waals surface area (Å²) in [6.45, 7) is 3.09. The van der Waals surface area contributed by atoms with E-state index >= 15 is 0 Å². The van der Waals surface area contributed by atoms with Crippen LogP contribution in [0.15, 0.2) is 18.2 Å². The van der Waals surface area contributed by atoms with E-state index in [4.69, 9.17) is 4.74 Å². The number of carbonyl (C=O) groups excluding carboxylic acids is 1. The Morgan fingerprint density at radius 2 is 2.11 bits per heavy atom. The van der Waals surface area contributed by atoms with E-state index in [1.54, 1.807) is 7.11 Å². The Morgan fingerprint density at radius 1 is 1.33 bits per heavy atom. The molecule has 0 unspecified atom stereocenters. The second kappa shape index (κ2) is 7.71. The van der Waals surface area contributed by atoms with E-state index < -0.39 is 0 Å². The van der Waals surface area contributed by atoms with Crippen molar-refractivity contribution in [1.82, 2.24) is 5.32 Å². The molecule has 0 bridgehead atoms. The van der Waals surface area contributed by atoms with Crippen molar-refractivity contribution < 1.29 is 14.3 Å². The average molecular weight is 251 g/mol. The van der Waals surface area contributed by atoms with Gasteiger partial charge in [-0.3, -0.25) is 4.79 Å². The number of carbonyl (C=O) groups is 1. The molecule has 0 radical (unpaired) electrons. The van der Waals surface area contributed by atoms with Gasteiger partial charge in [0.2, 0.25) is 0 Å². The Kier molecular flexibility index (Phi) is 6.22. The lowest BCUT2D eigenvalue weighted by molar-refractivity contribution is -0.139. The number of nitrogens with one attached hydrogen (secondary N) is 1. The summed E-state index contributed by atoms with van der Waals surface area (Å²) in [5.74, 6) is 0.649. The summed E-state index contributed by atoms with van der Waals surface area (Å²) in [4.78, 5) is 10.9. The highest BCUT2D eigenvalue weighted by Crippen LogP contribution is 2.20. The van der Waals surface area contributed by atoms with E-state index in [9.17, 15) is 4.79 Å². The molecule has 1 aromatic rings. The first-order valence-electron chi connectivity index (χ1n) is 6.14. The minimum atomic E-state index is -0.246. The molecule has 0 aromatic heterocycles. The fourth-order valence-electron chi connectivity index (χ4n) is 1.73. The summed E-state index contributed by atoms with van der Waals surface area (Å²) in [6.07, 6.45) is 1.83. The van der Waals surface area contributed by atoms with Gasteiger partial charge in [0.1, 0.15) is 5.75 Å². The summed E-state index contributed by atoms with van der Waals surface area (Å²) >= 11 is 0. The standard InChI is InChI=1S/C14H21NO3/c1-4-11-5-6-13(17-2)12(9-11)7-8-15-10-14(16)18-3/h5-6,9,15H,4,7-8,10H2,1-3H3. The SMILES string of the molecule is CCc1ccc(OC)c(CCNCC(=O)OC)c1. The van der Waals surface area contributed by atoms with Crippen molar-refractivity contribution in [3.05, 3.63) is 29.3 Å². The van der Waals surface area contributed by atoms with Crippen LogP contribution in [0.4, 0.5) is 0 Å². The molecule has 0 aliphatic carbocycles. The van der Waals surface area contributed by atoms with Crippen molar-refractivity contribution >= 4 is 5.97 Å². The first kappa shape index (κ1) is 14.5. The van der Waals surface area contributed by atoms with Crippen LogP contribution in [0.2, 0.25) is 0 Å². The molecular weight excluding hydrogens is 230 g/mol. The monoisotopic (exact) mass is 251 g/mol. The minimum absolute atomic E-state index is 0.242. The van der Waals surface area contributed by atoms with E-state index in [1.807, 2.05) is 6.07 Å². The number of hydrogen-bond acceptors (Lipinski definition) is 4. The van der Waals surface area contributed by atoms with Crippen molar-refractivity contribution in [1.29, 1.82) is 0 Å². The number of hydrogen-bond donors (Lipinski definition) is 1. The maximum absolute atomic E-state index is 10.9. The second-order valence-corrected chi connectivity index (χ2v) is 4.00. The third kappa shape index (κ3) is 4.37. The summed E-state index contributed by atoms with van der Waals surface area (Å²) in [6, 6.07) is 6.22. The van der Waals surface area contributed by atoms with E-state index in [1.165, 1.54) is 12.7 Å². The summed E-state index contributed by atoms with van der Waals surface area (Å²) in [5, 5.41) is 3.04. The molecule has 0 saturated carbocycles. The van der Waals surface area contributed by atoms with Gasteiger partial charge in [0, 0.05) is 0 Å². The summed E-state index contributed by atoms with van der Waals surface area (Å²) < 4.78 is 9.88. The number of benzene rings is 1. The number of esters is 1. The lowest BCUT2D eigenvalue weighted by atomic mass is 10.1. The van der Waals surface area contributed by atoms with Crippen LogP contribution in [-0.2, 0) is 22.4 Å². The first-order valence-corrected chi connectivity index (χ1v) is 6.14. The summed E-state index contributed by atoms with van der Waals surface area (Å²) in [5.41, 5.74) is 2.45. The molecule has 4 nitrogen and oxygen atoms in total. The van der Waals surface area contributed by atoms with Crippen LogP contribution in [0.25, 0.3) is 0 Å². The van der Waals surface area contributed by atoms with Crippen LogP contribution in [0.3, 0.4) is 0 Å². The van der Waals surface area contributed by atoms with E-state index in [2.05, 4.69) is 29.1 Å². The number of ether oxygens (including phenoxy) is 2. The van der Waals surface area contributed by atoms with Crippen LogP contribution in [0, 0.1) is 0 Å².